The largest absolute Gasteiger partial charge is 0.449 e. The summed E-state index contributed by atoms with van der Waals surface area (Å²) in [5, 5.41) is 2.72. The summed E-state index contributed by atoms with van der Waals surface area (Å²) >= 11 is 0. The third-order valence-electron chi connectivity index (χ3n) is 2.93. The third kappa shape index (κ3) is 9.44. The molecule has 0 unspecified atom stereocenters. The zero-order valence-electron chi connectivity index (χ0n) is 12.8. The topological polar surface area (TPSA) is 38.3 Å². The van der Waals surface area contributed by atoms with Crippen molar-refractivity contribution in [3.63, 3.8) is 0 Å². The smallest absolute Gasteiger partial charge is 0.407 e. The molecule has 0 aliphatic carbocycles. The van der Waals surface area contributed by atoms with Gasteiger partial charge in [-0.1, -0.05) is 54.6 Å². The molecule has 0 aromatic heterocycles. The Morgan fingerprint density at radius 3 is 2.32 bits per heavy atom. The number of hydrogen-bond acceptors (Lipinski definition) is 2. The number of amides is 1. The highest BCUT2D eigenvalue weighted by atomic mass is 16.5. The molecule has 0 aliphatic rings. The van der Waals surface area contributed by atoms with Gasteiger partial charge in [-0.3, -0.25) is 0 Å². The van der Waals surface area contributed by atoms with Gasteiger partial charge < -0.3 is 10.1 Å². The van der Waals surface area contributed by atoms with Crippen molar-refractivity contribution in [3.8, 4) is 12.3 Å². The molecule has 0 heterocycles. The van der Waals surface area contributed by atoms with Crippen LogP contribution in [-0.4, -0.2) is 19.2 Å². The summed E-state index contributed by atoms with van der Waals surface area (Å²) in [6.45, 7) is 0.888. The van der Waals surface area contributed by atoms with Crippen molar-refractivity contribution >= 4 is 6.09 Å². The fourth-order valence-corrected chi connectivity index (χ4v) is 1.80. The Morgan fingerprint density at radius 1 is 1.05 bits per heavy atom. The van der Waals surface area contributed by atoms with Crippen LogP contribution in [0.5, 0.6) is 0 Å². The molecule has 0 radical (unpaired) electrons. The molecule has 0 fully saturated rings. The van der Waals surface area contributed by atoms with Gasteiger partial charge in [-0.2, -0.15) is 0 Å². The number of aryl methyl sites for hydroxylation is 1. The minimum Gasteiger partial charge on any atom is -0.449 e. The highest BCUT2D eigenvalue weighted by Gasteiger charge is 1.99. The maximum Gasteiger partial charge on any atom is 0.407 e. The Balaban J connectivity index is 2.25. The molecule has 116 valence electrons. The van der Waals surface area contributed by atoms with Crippen LogP contribution in [0.4, 0.5) is 4.79 Å². The van der Waals surface area contributed by atoms with Gasteiger partial charge >= 0.3 is 6.09 Å². The second-order valence-corrected chi connectivity index (χ2v) is 4.73. The fraction of sp³-hybridized carbons (Fsp3) is 0.316. The van der Waals surface area contributed by atoms with Crippen LogP contribution >= 0.6 is 0 Å². The van der Waals surface area contributed by atoms with Crippen LogP contribution < -0.4 is 5.32 Å². The van der Waals surface area contributed by atoms with E-state index in [1.165, 1.54) is 5.56 Å². The van der Waals surface area contributed by atoms with E-state index in [1.807, 2.05) is 42.5 Å². The van der Waals surface area contributed by atoms with Crippen molar-refractivity contribution in [2.75, 3.05) is 13.2 Å². The molecule has 0 aliphatic heterocycles. The van der Waals surface area contributed by atoms with E-state index in [9.17, 15) is 4.79 Å². The van der Waals surface area contributed by atoms with E-state index in [0.29, 0.717) is 13.0 Å². The van der Waals surface area contributed by atoms with Gasteiger partial charge in [0.2, 0.25) is 0 Å². The lowest BCUT2D eigenvalue weighted by molar-refractivity contribution is 0.148. The number of hydrogen-bond donors (Lipinski definition) is 1. The van der Waals surface area contributed by atoms with Crippen LogP contribution in [-0.2, 0) is 11.2 Å². The predicted octanol–water partition coefficient (Wildman–Crippen LogP) is 3.88. The van der Waals surface area contributed by atoms with Crippen molar-refractivity contribution in [1.29, 1.82) is 0 Å². The van der Waals surface area contributed by atoms with E-state index < -0.39 is 6.09 Å². The number of alkyl carbamates (subject to hydrolysis) is 1. The van der Waals surface area contributed by atoms with E-state index in [4.69, 9.17) is 11.2 Å². The normalized spacial score (nSPS) is 9.23. The summed E-state index contributed by atoms with van der Waals surface area (Å²) < 4.78 is 4.90. The molecule has 3 heteroatoms. The lowest BCUT2D eigenvalue weighted by Gasteiger charge is -2.05. The Bertz CT molecular complexity index is 508. The van der Waals surface area contributed by atoms with Gasteiger partial charge in [0, 0.05) is 13.0 Å². The van der Waals surface area contributed by atoms with Crippen molar-refractivity contribution < 1.29 is 9.53 Å². The molecule has 0 bridgehead atoms. The van der Waals surface area contributed by atoms with Crippen LogP contribution in [0.15, 0.2) is 54.6 Å². The average Bonchev–Trinajstić information content (AvgIpc) is 2.53. The summed E-state index contributed by atoms with van der Waals surface area (Å²) in [5.74, 6) is 2.42. The SMILES string of the molecule is C#CCCOC(=O)NCCCCc1ccccccccc1. The number of nitrogens with one attached hydrogen (secondary N) is 1. The number of unbranched alkanes of at least 4 members (excludes halogenated alkanes) is 1. The lowest BCUT2D eigenvalue weighted by Crippen LogP contribution is -2.25. The van der Waals surface area contributed by atoms with Gasteiger partial charge in [0.05, 0.1) is 0 Å². The molecule has 0 atom stereocenters. The Kier molecular flexibility index (Phi) is 9.82. The quantitative estimate of drug-likeness (QED) is 0.612. The minimum atomic E-state index is -0.395. The molecular formula is C19H23NO2. The fourth-order valence-electron chi connectivity index (χ4n) is 1.80. The van der Waals surface area contributed by atoms with Crippen molar-refractivity contribution in [1.82, 2.24) is 5.32 Å². The number of carbonyl (C=O) groups excluding carboxylic acids is 1. The standard InChI is InChI=1S/C19H23NO2/c1-2-3-17-22-19(21)20-16-12-11-15-18-13-9-7-5-4-6-8-10-14-18/h1,4-10,13-14H,3,11-12,15-17H2,(H,20,21). The van der Waals surface area contributed by atoms with Crippen molar-refractivity contribution in [3.05, 3.63) is 60.2 Å². The Hall–Kier alpha value is -2.47. The highest BCUT2D eigenvalue weighted by Crippen LogP contribution is 2.02. The van der Waals surface area contributed by atoms with E-state index in [1.54, 1.807) is 0 Å². The van der Waals surface area contributed by atoms with Gasteiger partial charge in [-0.05, 0) is 24.8 Å². The number of ether oxygens (including phenoxy) is 1. The molecule has 0 saturated carbocycles. The van der Waals surface area contributed by atoms with Crippen molar-refractivity contribution in [2.24, 2.45) is 0 Å². The summed E-state index contributed by atoms with van der Waals surface area (Å²) in [5.41, 5.74) is 1.27. The van der Waals surface area contributed by atoms with Gasteiger partial charge in [-0.25, -0.2) is 4.79 Å². The second-order valence-electron chi connectivity index (χ2n) is 4.73. The average molecular weight is 297 g/mol. The molecule has 1 N–H and O–H groups in total. The molecule has 1 rings (SSSR count). The highest BCUT2D eigenvalue weighted by molar-refractivity contribution is 5.66. The first-order valence-corrected chi connectivity index (χ1v) is 7.54. The van der Waals surface area contributed by atoms with E-state index >= 15 is 0 Å². The first-order valence-electron chi connectivity index (χ1n) is 7.54. The van der Waals surface area contributed by atoms with Crippen LogP contribution in [0.25, 0.3) is 0 Å². The second kappa shape index (κ2) is 12.3. The van der Waals surface area contributed by atoms with Gasteiger partial charge in [0.25, 0.3) is 0 Å². The van der Waals surface area contributed by atoms with Crippen LogP contribution in [0.1, 0.15) is 24.8 Å². The summed E-state index contributed by atoms with van der Waals surface area (Å²) in [6, 6.07) is 18.3. The molecule has 22 heavy (non-hydrogen) atoms. The monoisotopic (exact) mass is 297 g/mol. The summed E-state index contributed by atoms with van der Waals surface area (Å²) in [4.78, 5) is 11.3. The van der Waals surface area contributed by atoms with E-state index in [-0.39, 0.29) is 6.61 Å². The van der Waals surface area contributed by atoms with E-state index in [0.717, 1.165) is 19.3 Å². The number of carbonyl (C=O) groups is 1. The maximum atomic E-state index is 11.3. The molecular weight excluding hydrogens is 274 g/mol. The first-order chi connectivity index (χ1) is 10.8. The number of terminal acetylenes is 1. The summed E-state index contributed by atoms with van der Waals surface area (Å²) in [7, 11) is 0. The molecule has 3 nitrogen and oxygen atoms in total. The molecule has 0 saturated heterocycles. The predicted molar refractivity (Wildman–Crippen MR) is 89.8 cm³/mol. The van der Waals surface area contributed by atoms with Gasteiger partial charge in [0.1, 0.15) is 6.61 Å². The Morgan fingerprint density at radius 2 is 1.68 bits per heavy atom. The summed E-state index contributed by atoms with van der Waals surface area (Å²) in [6.07, 6.45) is 8.03. The van der Waals surface area contributed by atoms with Crippen LogP contribution in [0, 0.1) is 12.3 Å². The minimum absolute atomic E-state index is 0.272. The van der Waals surface area contributed by atoms with Crippen molar-refractivity contribution in [2.45, 2.75) is 25.7 Å². The third-order valence-corrected chi connectivity index (χ3v) is 2.93. The zero-order valence-corrected chi connectivity index (χ0v) is 12.8. The molecule has 1 amide bonds. The van der Waals surface area contributed by atoms with E-state index in [2.05, 4.69) is 23.4 Å². The number of rotatable bonds is 7. The molecule has 0 spiro atoms. The molecule has 1 aromatic rings. The zero-order chi connectivity index (χ0) is 15.9. The van der Waals surface area contributed by atoms with Gasteiger partial charge in [-0.15, -0.1) is 12.3 Å². The van der Waals surface area contributed by atoms with Crippen LogP contribution in [0.3, 0.4) is 0 Å². The van der Waals surface area contributed by atoms with Crippen LogP contribution in [0.2, 0.25) is 0 Å². The Labute approximate surface area is 133 Å². The van der Waals surface area contributed by atoms with Gasteiger partial charge in [0.15, 0.2) is 0 Å². The first kappa shape index (κ1) is 17.6. The maximum absolute atomic E-state index is 11.3. The lowest BCUT2D eigenvalue weighted by atomic mass is 10.1. The molecule has 1 aromatic carbocycles.